The number of Topliss-reactive ketones (excluding diaryl/α,β-unsaturated/α-hetero) is 1. The van der Waals surface area contributed by atoms with E-state index >= 15 is 0 Å². The normalized spacial score (nSPS) is 36.8. The Balaban J connectivity index is 2.11. The SMILES string of the molecule is CN(C)C(=O)[C@@H]1C[C@H]2CC(=O)[C@@H]1C2. The molecule has 0 saturated heterocycles. The first-order valence-electron chi connectivity index (χ1n) is 4.83. The summed E-state index contributed by atoms with van der Waals surface area (Å²) in [6, 6.07) is 0. The summed E-state index contributed by atoms with van der Waals surface area (Å²) in [7, 11) is 3.53. The van der Waals surface area contributed by atoms with Crippen LogP contribution in [0.25, 0.3) is 0 Å². The molecule has 3 nitrogen and oxygen atoms in total. The third-order valence-corrected chi connectivity index (χ3v) is 3.32. The van der Waals surface area contributed by atoms with Crippen molar-refractivity contribution in [2.24, 2.45) is 17.8 Å². The largest absolute Gasteiger partial charge is 0.349 e. The number of rotatable bonds is 1. The molecule has 0 aromatic rings. The molecule has 3 heteroatoms. The van der Waals surface area contributed by atoms with Gasteiger partial charge in [-0.15, -0.1) is 0 Å². The molecule has 2 rings (SSSR count). The molecule has 0 radical (unpaired) electrons. The monoisotopic (exact) mass is 181 g/mol. The van der Waals surface area contributed by atoms with Crippen LogP contribution in [-0.4, -0.2) is 30.7 Å². The molecule has 0 aromatic carbocycles. The van der Waals surface area contributed by atoms with E-state index < -0.39 is 0 Å². The van der Waals surface area contributed by atoms with Gasteiger partial charge in [-0.3, -0.25) is 9.59 Å². The Bertz CT molecular complexity index is 260. The minimum atomic E-state index is 0.00116. The fourth-order valence-corrected chi connectivity index (χ4v) is 2.71. The van der Waals surface area contributed by atoms with E-state index in [1.807, 2.05) is 0 Å². The van der Waals surface area contributed by atoms with Crippen LogP contribution in [0.1, 0.15) is 19.3 Å². The highest BCUT2D eigenvalue weighted by molar-refractivity contribution is 5.91. The summed E-state index contributed by atoms with van der Waals surface area (Å²) in [6.45, 7) is 0. The average molecular weight is 181 g/mol. The lowest BCUT2D eigenvalue weighted by molar-refractivity contribution is -0.138. The van der Waals surface area contributed by atoms with Crippen molar-refractivity contribution < 1.29 is 9.59 Å². The number of hydrogen-bond donors (Lipinski definition) is 0. The minimum Gasteiger partial charge on any atom is -0.349 e. The molecule has 0 unspecified atom stereocenters. The fourth-order valence-electron chi connectivity index (χ4n) is 2.71. The molecule has 2 saturated carbocycles. The molecule has 0 N–H and O–H groups in total. The van der Waals surface area contributed by atoms with Crippen molar-refractivity contribution in [3.8, 4) is 0 Å². The van der Waals surface area contributed by atoms with E-state index in [1.165, 1.54) is 0 Å². The van der Waals surface area contributed by atoms with E-state index in [9.17, 15) is 9.59 Å². The van der Waals surface area contributed by atoms with Crippen LogP contribution in [0.4, 0.5) is 0 Å². The number of carbonyl (C=O) groups excluding carboxylic acids is 2. The summed E-state index contributed by atoms with van der Waals surface area (Å²) in [5.74, 6) is 1.02. The molecule has 13 heavy (non-hydrogen) atoms. The lowest BCUT2D eigenvalue weighted by Crippen LogP contribution is -2.35. The first-order chi connectivity index (χ1) is 6.09. The Labute approximate surface area is 78.1 Å². The molecular formula is C10H15NO2. The summed E-state index contributed by atoms with van der Waals surface area (Å²) in [5, 5.41) is 0. The van der Waals surface area contributed by atoms with Gasteiger partial charge in [-0.25, -0.2) is 0 Å². The molecule has 2 aliphatic carbocycles. The van der Waals surface area contributed by atoms with Gasteiger partial charge in [0.1, 0.15) is 5.78 Å². The van der Waals surface area contributed by atoms with Crippen LogP contribution in [-0.2, 0) is 9.59 Å². The molecule has 0 aliphatic heterocycles. The number of carbonyl (C=O) groups is 2. The summed E-state index contributed by atoms with van der Waals surface area (Å²) >= 11 is 0. The van der Waals surface area contributed by atoms with E-state index in [0.29, 0.717) is 11.7 Å². The zero-order valence-electron chi connectivity index (χ0n) is 8.12. The van der Waals surface area contributed by atoms with Gasteiger partial charge in [-0.1, -0.05) is 0 Å². The van der Waals surface area contributed by atoms with Gasteiger partial charge in [0.15, 0.2) is 0 Å². The third kappa shape index (κ3) is 1.26. The Morgan fingerprint density at radius 2 is 2.08 bits per heavy atom. The predicted molar refractivity (Wildman–Crippen MR) is 48.0 cm³/mol. The second-order valence-corrected chi connectivity index (χ2v) is 4.45. The predicted octanol–water partition coefficient (Wildman–Crippen LogP) is 0.690. The van der Waals surface area contributed by atoms with Crippen LogP contribution in [0.15, 0.2) is 0 Å². The number of nitrogens with zero attached hydrogens (tertiary/aromatic N) is 1. The third-order valence-electron chi connectivity index (χ3n) is 3.32. The van der Waals surface area contributed by atoms with E-state index in [-0.39, 0.29) is 17.7 Å². The van der Waals surface area contributed by atoms with Gasteiger partial charge in [0.25, 0.3) is 0 Å². The van der Waals surface area contributed by atoms with Gasteiger partial charge in [-0.05, 0) is 18.8 Å². The molecule has 2 aliphatic rings. The highest BCUT2D eigenvalue weighted by Crippen LogP contribution is 2.46. The molecule has 2 fully saturated rings. The lowest BCUT2D eigenvalue weighted by atomic mass is 9.87. The maximum Gasteiger partial charge on any atom is 0.225 e. The van der Waals surface area contributed by atoms with E-state index in [1.54, 1.807) is 19.0 Å². The molecule has 2 bridgehead atoms. The Morgan fingerprint density at radius 1 is 1.38 bits per heavy atom. The molecule has 0 spiro atoms. The van der Waals surface area contributed by atoms with Crippen LogP contribution in [0, 0.1) is 17.8 Å². The zero-order chi connectivity index (χ0) is 9.59. The molecular weight excluding hydrogens is 166 g/mol. The molecule has 0 aromatic heterocycles. The van der Waals surface area contributed by atoms with Crippen LogP contribution in [0.3, 0.4) is 0 Å². The topological polar surface area (TPSA) is 37.4 Å². The maximum atomic E-state index is 11.7. The quantitative estimate of drug-likeness (QED) is 0.597. The lowest BCUT2D eigenvalue weighted by Gasteiger charge is -2.23. The van der Waals surface area contributed by atoms with Crippen molar-refractivity contribution in [1.82, 2.24) is 4.90 Å². The second kappa shape index (κ2) is 2.82. The first-order valence-corrected chi connectivity index (χ1v) is 4.83. The smallest absolute Gasteiger partial charge is 0.225 e. The maximum absolute atomic E-state index is 11.7. The van der Waals surface area contributed by atoms with Crippen LogP contribution >= 0.6 is 0 Å². The molecule has 72 valence electrons. The van der Waals surface area contributed by atoms with Crippen molar-refractivity contribution in [3.63, 3.8) is 0 Å². The molecule has 1 amide bonds. The van der Waals surface area contributed by atoms with Crippen molar-refractivity contribution >= 4 is 11.7 Å². The summed E-state index contributed by atoms with van der Waals surface area (Å²) in [6.07, 6.45) is 2.62. The van der Waals surface area contributed by atoms with Crippen LogP contribution in [0.5, 0.6) is 0 Å². The highest BCUT2D eigenvalue weighted by Gasteiger charge is 2.48. The van der Waals surface area contributed by atoms with E-state index in [4.69, 9.17) is 0 Å². The number of amides is 1. The summed E-state index contributed by atoms with van der Waals surface area (Å²) in [5.41, 5.74) is 0. The number of ketones is 1. The molecule has 0 heterocycles. The van der Waals surface area contributed by atoms with Crippen LogP contribution < -0.4 is 0 Å². The average Bonchev–Trinajstić information content (AvgIpc) is 2.60. The van der Waals surface area contributed by atoms with Gasteiger partial charge in [0.2, 0.25) is 5.91 Å². The van der Waals surface area contributed by atoms with E-state index in [2.05, 4.69) is 0 Å². The summed E-state index contributed by atoms with van der Waals surface area (Å²) < 4.78 is 0. The van der Waals surface area contributed by atoms with Crippen molar-refractivity contribution in [2.45, 2.75) is 19.3 Å². The van der Waals surface area contributed by atoms with Gasteiger partial charge < -0.3 is 4.90 Å². The van der Waals surface area contributed by atoms with Crippen LogP contribution in [0.2, 0.25) is 0 Å². The highest BCUT2D eigenvalue weighted by atomic mass is 16.2. The number of hydrogen-bond acceptors (Lipinski definition) is 2. The van der Waals surface area contributed by atoms with Gasteiger partial charge in [0.05, 0.1) is 0 Å². The van der Waals surface area contributed by atoms with Crippen molar-refractivity contribution in [3.05, 3.63) is 0 Å². The zero-order valence-corrected chi connectivity index (χ0v) is 8.12. The van der Waals surface area contributed by atoms with Gasteiger partial charge in [-0.2, -0.15) is 0 Å². The Kier molecular flexibility index (Phi) is 1.90. The fraction of sp³-hybridized carbons (Fsp3) is 0.800. The first kappa shape index (κ1) is 8.73. The number of fused-ring (bicyclic) bond motifs is 2. The Hall–Kier alpha value is -0.860. The second-order valence-electron chi connectivity index (χ2n) is 4.45. The minimum absolute atomic E-state index is 0.00116. The molecule has 3 atom stereocenters. The van der Waals surface area contributed by atoms with Gasteiger partial charge in [0, 0.05) is 32.4 Å². The van der Waals surface area contributed by atoms with Gasteiger partial charge >= 0.3 is 0 Å². The van der Waals surface area contributed by atoms with E-state index in [0.717, 1.165) is 19.3 Å². The Morgan fingerprint density at radius 3 is 2.54 bits per heavy atom. The van der Waals surface area contributed by atoms with Crippen molar-refractivity contribution in [2.75, 3.05) is 14.1 Å². The summed E-state index contributed by atoms with van der Waals surface area (Å²) in [4.78, 5) is 24.7. The standard InChI is InChI=1S/C10H15NO2/c1-11(2)10(13)8-4-6-3-7(8)9(12)5-6/h6-8H,3-5H2,1-2H3/t6-,7+,8+/m0/s1. The van der Waals surface area contributed by atoms with Crippen molar-refractivity contribution in [1.29, 1.82) is 0 Å².